The minimum atomic E-state index is -5.67. The summed E-state index contributed by atoms with van der Waals surface area (Å²) < 4.78 is 157. The molecule has 0 fully saturated rings. The van der Waals surface area contributed by atoms with Gasteiger partial charge in [0.1, 0.15) is 0 Å². The zero-order chi connectivity index (χ0) is 41.7. The molecule has 6 bridgehead atoms. The number of hydrogen-bond acceptors (Lipinski definition) is 19. The summed E-state index contributed by atoms with van der Waals surface area (Å²) in [7, 11) is -20.9. The maximum atomic E-state index is 12.9. The van der Waals surface area contributed by atoms with Crippen LogP contribution in [0.4, 0.5) is 11.6 Å². The second kappa shape index (κ2) is 12.4. The Hall–Kier alpha value is -5.29. The summed E-state index contributed by atoms with van der Waals surface area (Å²) in [5.74, 6) is -1.40. The molecule has 0 unspecified atom stereocenters. The molecule has 2 aromatic heterocycles. The van der Waals surface area contributed by atoms with Crippen molar-refractivity contribution < 1.29 is 54.2 Å². The Kier molecular flexibility index (Phi) is 7.96. The molecular formula is C33H15InN8O13S4-4. The zero-order valence-corrected chi connectivity index (χ0v) is 35.6. The van der Waals surface area contributed by atoms with Crippen molar-refractivity contribution >= 4 is 120 Å². The number of amidine groups is 4. The quantitative estimate of drug-likeness (QED) is 0.167. The van der Waals surface area contributed by atoms with Crippen LogP contribution in [0.3, 0.4) is 0 Å². The van der Waals surface area contributed by atoms with Crippen LogP contribution < -0.4 is 11.0 Å². The van der Waals surface area contributed by atoms with Gasteiger partial charge in [0.05, 0.1) is 0 Å². The Bertz CT molecular complexity index is 3780. The van der Waals surface area contributed by atoms with Crippen molar-refractivity contribution in [2.24, 2.45) is 30.0 Å². The maximum absolute atomic E-state index is 12.9. The van der Waals surface area contributed by atoms with Crippen molar-refractivity contribution in [1.29, 1.82) is 0 Å². The molecule has 59 heavy (non-hydrogen) atoms. The van der Waals surface area contributed by atoms with E-state index >= 15 is 0 Å². The number of aryl methyl sites for hydroxylation is 1. The van der Waals surface area contributed by atoms with Gasteiger partial charge in [0.15, 0.2) is 0 Å². The molecule has 296 valence electrons. The van der Waals surface area contributed by atoms with E-state index in [2.05, 4.69) is 9.98 Å². The molecule has 0 atom stereocenters. The molecule has 26 heteroatoms. The number of nitrogens with zero attached hydrogens (tertiary/aromatic N) is 8. The normalized spacial score (nSPS) is 15.8. The van der Waals surface area contributed by atoms with E-state index in [1.807, 2.05) is 0 Å². The van der Waals surface area contributed by atoms with Gasteiger partial charge in [-0.15, -0.1) is 0 Å². The molecule has 4 aliphatic heterocycles. The van der Waals surface area contributed by atoms with Crippen LogP contribution in [0.1, 0.15) is 27.8 Å². The van der Waals surface area contributed by atoms with Crippen LogP contribution in [0.25, 0.3) is 21.5 Å². The molecule has 6 aromatic rings. The third-order valence-electron chi connectivity index (χ3n) is 9.77. The van der Waals surface area contributed by atoms with Crippen LogP contribution >= 0.6 is 0 Å². The second-order valence-electron chi connectivity index (χ2n) is 13.4. The molecule has 0 saturated carbocycles. The van der Waals surface area contributed by atoms with Crippen molar-refractivity contribution in [3.63, 3.8) is 0 Å². The van der Waals surface area contributed by atoms with E-state index in [9.17, 15) is 51.9 Å². The van der Waals surface area contributed by atoms with Crippen LogP contribution in [0.2, 0.25) is 0 Å². The molecule has 0 N–H and O–H groups in total. The fraction of sp³-hybridized carbons (Fsp3) is 0.0303. The van der Waals surface area contributed by atoms with Gasteiger partial charge in [-0.05, 0) is 0 Å². The van der Waals surface area contributed by atoms with Crippen molar-refractivity contribution in [1.82, 2.24) is 5.11 Å². The monoisotopic (exact) mass is 974 g/mol. The van der Waals surface area contributed by atoms with Crippen LogP contribution in [0.15, 0.2) is 117 Å². The Morgan fingerprint density at radius 3 is 1.49 bits per heavy atom. The molecule has 0 spiro atoms. The SMILES string of the molecule is Cc1ccc2c3[n]4c(c2c1)=NC1=NC(=Nc2c5ccc(S(=O)(=O)[O-])cc5c([n]2[In]4[O]S(=O)(=O)[O-])N=C2N=C(N=3)c3cc(S(=O)(=O)[O-])ccc32)c2cc(S(=O)(=O)[O-])ccc21. The zero-order valence-electron chi connectivity index (χ0n) is 29.0. The van der Waals surface area contributed by atoms with Gasteiger partial charge in [-0.3, -0.25) is 0 Å². The van der Waals surface area contributed by atoms with E-state index in [4.69, 9.17) is 22.3 Å². The first kappa shape index (κ1) is 37.9. The number of hydrogen-bond donors (Lipinski definition) is 0. The Balaban J connectivity index is 1.49. The predicted octanol–water partition coefficient (Wildman–Crippen LogP) is 0.418. The standard InChI is InChI=1S/C33H18N8O9S3.In.H2O4S/c1-14-2-6-18-22(10-14)30-34-26(18)36-31-24-12-16(52(45,46)47)4-8-20(24)28(38-31)40-33-25-13-17(53(48,49)50)5-9-21(25)29(41-33)39-32-23-11-15(51(42,43)44)3-7-19(23)27(35-30)37-32;;1-5(2,3)4/h2-13H,1H3,(H3-2,34,35,36,37,38,39,40,41,42,43,44,45,46,47,48,49,50);;(H2,1,2,3,4)/q-2;+3;/p-5. The van der Waals surface area contributed by atoms with E-state index in [1.54, 1.807) is 25.1 Å². The van der Waals surface area contributed by atoms with E-state index < -0.39 is 77.9 Å². The molecule has 4 aliphatic rings. The molecule has 0 aliphatic carbocycles. The second-order valence-corrected chi connectivity index (χ2v) is 25.0. The van der Waals surface area contributed by atoms with Gasteiger partial charge < -0.3 is 0 Å². The summed E-state index contributed by atoms with van der Waals surface area (Å²) >= 11 is -5.52. The Morgan fingerprint density at radius 1 is 0.475 bits per heavy atom. The first-order valence-electron chi connectivity index (χ1n) is 16.6. The summed E-state index contributed by atoms with van der Waals surface area (Å²) in [6.45, 7) is 1.74. The van der Waals surface area contributed by atoms with Crippen LogP contribution in [0.5, 0.6) is 0 Å². The van der Waals surface area contributed by atoms with Gasteiger partial charge in [-0.2, -0.15) is 0 Å². The molecular weight excluding hydrogens is 959 g/mol. The Labute approximate surface area is 339 Å². The summed E-state index contributed by atoms with van der Waals surface area (Å²) in [4.78, 5) is 26.2. The Morgan fingerprint density at radius 2 is 0.932 bits per heavy atom. The summed E-state index contributed by atoms with van der Waals surface area (Å²) in [6, 6.07) is 14.6. The average molecular weight is 975 g/mol. The van der Waals surface area contributed by atoms with E-state index in [-0.39, 0.29) is 84.4 Å². The van der Waals surface area contributed by atoms with Crippen LogP contribution in [0, 0.1) is 6.92 Å². The van der Waals surface area contributed by atoms with Crippen molar-refractivity contribution in [2.45, 2.75) is 21.6 Å². The fourth-order valence-electron chi connectivity index (χ4n) is 7.30. The molecule has 0 radical (unpaired) electrons. The number of rotatable bonds is 5. The van der Waals surface area contributed by atoms with E-state index in [0.29, 0.717) is 10.9 Å². The molecule has 6 heterocycles. The van der Waals surface area contributed by atoms with Crippen molar-refractivity contribution in [2.75, 3.05) is 0 Å². The van der Waals surface area contributed by atoms with Crippen LogP contribution in [-0.4, -0.2) is 103 Å². The van der Waals surface area contributed by atoms with Gasteiger partial charge in [0.25, 0.3) is 0 Å². The number of fused-ring (bicyclic) bond motifs is 14. The van der Waals surface area contributed by atoms with Gasteiger partial charge >= 0.3 is 342 Å². The van der Waals surface area contributed by atoms with E-state index in [0.717, 1.165) is 39.0 Å². The summed E-state index contributed by atoms with van der Waals surface area (Å²) in [6.07, 6.45) is 0. The first-order chi connectivity index (χ1) is 27.6. The van der Waals surface area contributed by atoms with Gasteiger partial charge in [-0.25, -0.2) is 0 Å². The van der Waals surface area contributed by atoms with Crippen LogP contribution in [-0.2, 0) is 43.1 Å². The third-order valence-corrected chi connectivity index (χ3v) is 21.5. The molecule has 21 nitrogen and oxygen atoms in total. The van der Waals surface area contributed by atoms with Gasteiger partial charge in [-0.1, -0.05) is 0 Å². The summed E-state index contributed by atoms with van der Waals surface area (Å²) in [5, 5.41) is 0.405. The van der Waals surface area contributed by atoms with E-state index in [1.165, 1.54) is 20.8 Å². The van der Waals surface area contributed by atoms with Crippen molar-refractivity contribution in [3.05, 3.63) is 112 Å². The van der Waals surface area contributed by atoms with Gasteiger partial charge in [0, 0.05) is 0 Å². The first-order valence-corrected chi connectivity index (χ1v) is 26.4. The summed E-state index contributed by atoms with van der Waals surface area (Å²) in [5.41, 5.74) is 0.742. The minimum absolute atomic E-state index is 0.00442. The predicted molar refractivity (Wildman–Crippen MR) is 200 cm³/mol. The molecule has 0 saturated heterocycles. The fourth-order valence-corrected chi connectivity index (χ4v) is 17.7. The number of aromatic nitrogens is 2. The number of aliphatic imine (C=N–C) groups is 4. The third kappa shape index (κ3) is 6.05. The molecule has 4 aromatic carbocycles. The molecule has 10 rings (SSSR count). The number of benzene rings is 4. The molecule has 0 amide bonds. The van der Waals surface area contributed by atoms with Gasteiger partial charge in [0.2, 0.25) is 0 Å². The average Bonchev–Trinajstić information content (AvgIpc) is 3.84. The topological polar surface area (TPSA) is 322 Å². The van der Waals surface area contributed by atoms with Crippen molar-refractivity contribution in [3.8, 4) is 0 Å².